The summed E-state index contributed by atoms with van der Waals surface area (Å²) in [5.41, 5.74) is -0.895. The summed E-state index contributed by atoms with van der Waals surface area (Å²) in [7, 11) is 0. The molecule has 1 N–H and O–H groups in total. The maximum Gasteiger partial charge on any atom is 0.407 e. The Morgan fingerprint density at radius 1 is 1.14 bits per heavy atom. The summed E-state index contributed by atoms with van der Waals surface area (Å²) in [5.74, 6) is -1.97. The number of alkyl carbamates (subject to hydrolysis) is 1. The molecule has 29 heavy (non-hydrogen) atoms. The second-order valence-corrected chi connectivity index (χ2v) is 8.38. The van der Waals surface area contributed by atoms with Crippen molar-refractivity contribution in [2.75, 3.05) is 19.6 Å². The Labute approximate surface area is 168 Å². The molecule has 6 nitrogen and oxygen atoms in total. The Kier molecular flexibility index (Phi) is 6.21. The van der Waals surface area contributed by atoms with Gasteiger partial charge in [0.2, 0.25) is 0 Å². The average molecular weight is 407 g/mol. The summed E-state index contributed by atoms with van der Waals surface area (Å²) < 4.78 is 34.5. The van der Waals surface area contributed by atoms with E-state index in [1.165, 1.54) is 22.8 Å². The molecule has 0 unspecified atom stereocenters. The predicted octanol–water partition coefficient (Wildman–Crippen LogP) is 3.27. The number of aromatic nitrogens is 1. The molecule has 0 radical (unpaired) electrons. The van der Waals surface area contributed by atoms with Crippen LogP contribution < -0.4 is 10.9 Å². The van der Waals surface area contributed by atoms with Crippen LogP contribution in [0.15, 0.2) is 29.1 Å². The summed E-state index contributed by atoms with van der Waals surface area (Å²) >= 11 is 0. The highest BCUT2D eigenvalue weighted by Crippen LogP contribution is 2.19. The highest BCUT2D eigenvalue weighted by molar-refractivity contribution is 5.79. The smallest absolute Gasteiger partial charge is 0.407 e. The molecule has 8 heteroatoms. The van der Waals surface area contributed by atoms with E-state index >= 15 is 0 Å². The maximum absolute atomic E-state index is 14.3. The van der Waals surface area contributed by atoms with Gasteiger partial charge in [-0.1, -0.05) is 0 Å². The van der Waals surface area contributed by atoms with Crippen molar-refractivity contribution in [3.05, 3.63) is 46.3 Å². The van der Waals surface area contributed by atoms with Crippen molar-refractivity contribution in [3.8, 4) is 0 Å². The van der Waals surface area contributed by atoms with Crippen molar-refractivity contribution in [2.45, 2.75) is 51.8 Å². The Morgan fingerprint density at radius 2 is 1.79 bits per heavy atom. The van der Waals surface area contributed by atoms with Gasteiger partial charge in [-0.05, 0) is 51.8 Å². The highest BCUT2D eigenvalue weighted by Gasteiger charge is 2.23. The first-order valence-corrected chi connectivity index (χ1v) is 9.83. The Morgan fingerprint density at radius 3 is 2.45 bits per heavy atom. The number of hydrogen-bond donors (Lipinski definition) is 1. The monoisotopic (exact) mass is 407 g/mol. The van der Waals surface area contributed by atoms with Crippen molar-refractivity contribution in [1.29, 1.82) is 0 Å². The van der Waals surface area contributed by atoms with E-state index < -0.39 is 23.3 Å². The van der Waals surface area contributed by atoms with Gasteiger partial charge in [-0.3, -0.25) is 4.79 Å². The second kappa shape index (κ2) is 8.49. The van der Waals surface area contributed by atoms with Gasteiger partial charge in [0.05, 0.1) is 5.52 Å². The molecule has 1 amide bonds. The third kappa shape index (κ3) is 5.32. The number of benzene rings is 1. The minimum atomic E-state index is -1.000. The van der Waals surface area contributed by atoms with Crippen LogP contribution in [0.5, 0.6) is 0 Å². The van der Waals surface area contributed by atoms with Crippen molar-refractivity contribution < 1.29 is 18.3 Å². The van der Waals surface area contributed by atoms with Crippen LogP contribution >= 0.6 is 0 Å². The predicted molar refractivity (Wildman–Crippen MR) is 107 cm³/mol. The molecule has 0 aliphatic carbocycles. The number of halogens is 2. The van der Waals surface area contributed by atoms with Gasteiger partial charge in [0.15, 0.2) is 11.6 Å². The molecule has 1 aliphatic heterocycles. The van der Waals surface area contributed by atoms with Crippen molar-refractivity contribution >= 4 is 17.0 Å². The zero-order valence-electron chi connectivity index (χ0n) is 17.0. The van der Waals surface area contributed by atoms with Gasteiger partial charge in [-0.2, -0.15) is 0 Å². The fourth-order valence-corrected chi connectivity index (χ4v) is 3.56. The molecule has 1 saturated heterocycles. The number of nitrogens with one attached hydrogen (secondary N) is 1. The summed E-state index contributed by atoms with van der Waals surface area (Å²) in [6.07, 6.45) is 1.09. The van der Waals surface area contributed by atoms with Crippen LogP contribution in [-0.4, -0.2) is 46.8 Å². The van der Waals surface area contributed by atoms with Gasteiger partial charge in [-0.15, -0.1) is 0 Å². The van der Waals surface area contributed by atoms with Crippen molar-refractivity contribution in [2.24, 2.45) is 0 Å². The van der Waals surface area contributed by atoms with E-state index in [0.717, 1.165) is 32.0 Å². The van der Waals surface area contributed by atoms with E-state index in [9.17, 15) is 18.4 Å². The number of carbonyl (C=O) groups is 1. The minimum absolute atomic E-state index is 0.000946. The number of ether oxygens (including phenoxy) is 1. The lowest BCUT2D eigenvalue weighted by atomic mass is 10.1. The lowest BCUT2D eigenvalue weighted by Gasteiger charge is -2.33. The molecule has 0 saturated carbocycles. The van der Waals surface area contributed by atoms with Crippen LogP contribution in [-0.2, 0) is 11.3 Å². The van der Waals surface area contributed by atoms with Crippen molar-refractivity contribution in [3.63, 3.8) is 0 Å². The fraction of sp³-hybridized carbons (Fsp3) is 0.524. The Hall–Kier alpha value is -2.48. The molecule has 1 aromatic heterocycles. The quantitative estimate of drug-likeness (QED) is 0.845. The first kappa shape index (κ1) is 21.2. The molecule has 0 atom stereocenters. The average Bonchev–Trinajstić information content (AvgIpc) is 2.63. The molecule has 1 fully saturated rings. The molecule has 2 aromatic rings. The number of hydrogen-bond acceptors (Lipinski definition) is 4. The van der Waals surface area contributed by atoms with Gasteiger partial charge in [0.1, 0.15) is 5.60 Å². The SMILES string of the molecule is CC(C)(C)OC(=O)NC1CCN(CCn2c(=O)ccc3ccc(F)c(F)c32)CC1. The van der Waals surface area contributed by atoms with E-state index in [1.807, 2.05) is 20.8 Å². The van der Waals surface area contributed by atoms with Crippen molar-refractivity contribution in [1.82, 2.24) is 14.8 Å². The van der Waals surface area contributed by atoms with Gasteiger partial charge in [0, 0.05) is 43.7 Å². The van der Waals surface area contributed by atoms with Crippen LogP contribution in [0.3, 0.4) is 0 Å². The zero-order chi connectivity index (χ0) is 21.2. The van der Waals surface area contributed by atoms with E-state index in [2.05, 4.69) is 10.2 Å². The van der Waals surface area contributed by atoms with Gasteiger partial charge < -0.3 is 19.5 Å². The Balaban J connectivity index is 1.59. The van der Waals surface area contributed by atoms with E-state index in [1.54, 1.807) is 0 Å². The highest BCUT2D eigenvalue weighted by atomic mass is 19.2. The molecular weight excluding hydrogens is 380 g/mol. The standard InChI is InChI=1S/C21H27F2N3O3/c1-21(2,3)29-20(28)24-15-8-10-25(11-9-15)12-13-26-17(27)7-5-14-4-6-16(22)18(23)19(14)26/h4-7,15H,8-13H2,1-3H3,(H,24,28). The normalized spacial score (nSPS) is 16.2. The number of rotatable bonds is 4. The third-order valence-corrected chi connectivity index (χ3v) is 4.99. The summed E-state index contributed by atoms with van der Waals surface area (Å²) in [5, 5.41) is 3.37. The molecule has 3 rings (SSSR count). The molecule has 1 aliphatic rings. The van der Waals surface area contributed by atoms with Crippen LogP contribution in [0.2, 0.25) is 0 Å². The topological polar surface area (TPSA) is 63.6 Å². The zero-order valence-corrected chi connectivity index (χ0v) is 17.0. The molecule has 158 valence electrons. The lowest BCUT2D eigenvalue weighted by molar-refractivity contribution is 0.0478. The van der Waals surface area contributed by atoms with E-state index in [0.29, 0.717) is 11.9 Å². The third-order valence-electron chi connectivity index (χ3n) is 4.99. The number of nitrogens with zero attached hydrogens (tertiary/aromatic N) is 2. The van der Waals surface area contributed by atoms with Crippen LogP contribution in [0.1, 0.15) is 33.6 Å². The number of fused-ring (bicyclic) bond motifs is 1. The first-order chi connectivity index (χ1) is 13.6. The minimum Gasteiger partial charge on any atom is -0.444 e. The van der Waals surface area contributed by atoms with E-state index in [4.69, 9.17) is 4.74 Å². The summed E-state index contributed by atoms with van der Waals surface area (Å²) in [6.45, 7) is 7.72. The van der Waals surface area contributed by atoms with Crippen LogP contribution in [0, 0.1) is 11.6 Å². The summed E-state index contributed by atoms with van der Waals surface area (Å²) in [6, 6.07) is 5.45. The summed E-state index contributed by atoms with van der Waals surface area (Å²) in [4.78, 5) is 26.3. The first-order valence-electron chi connectivity index (χ1n) is 9.83. The molecule has 0 bridgehead atoms. The second-order valence-electron chi connectivity index (χ2n) is 8.38. The largest absolute Gasteiger partial charge is 0.444 e. The van der Waals surface area contributed by atoms with Gasteiger partial charge in [-0.25, -0.2) is 13.6 Å². The number of amides is 1. The number of likely N-dealkylation sites (tertiary alicyclic amines) is 1. The number of pyridine rings is 1. The van der Waals surface area contributed by atoms with Gasteiger partial charge in [0.25, 0.3) is 5.56 Å². The van der Waals surface area contributed by atoms with E-state index in [-0.39, 0.29) is 23.7 Å². The molecule has 2 heterocycles. The Bertz CT molecular complexity index is 945. The van der Waals surface area contributed by atoms with Crippen LogP contribution in [0.25, 0.3) is 10.9 Å². The maximum atomic E-state index is 14.3. The molecule has 1 aromatic carbocycles. The van der Waals surface area contributed by atoms with Crippen LogP contribution in [0.4, 0.5) is 13.6 Å². The lowest BCUT2D eigenvalue weighted by Crippen LogP contribution is -2.46. The number of piperidine rings is 1. The molecular formula is C21H27F2N3O3. The number of carbonyl (C=O) groups excluding carboxylic acids is 1. The molecule has 0 spiro atoms. The fourth-order valence-electron chi connectivity index (χ4n) is 3.56. The van der Waals surface area contributed by atoms with Gasteiger partial charge >= 0.3 is 6.09 Å².